The first-order valence-electron chi connectivity index (χ1n) is 4.60. The van der Waals surface area contributed by atoms with Crippen LogP contribution >= 0.6 is 0 Å². The molecule has 1 atom stereocenters. The van der Waals surface area contributed by atoms with E-state index in [9.17, 15) is 5.11 Å². The third-order valence-corrected chi connectivity index (χ3v) is 2.56. The number of hydrogen-bond acceptors (Lipinski definition) is 4. The maximum atomic E-state index is 10.4. The van der Waals surface area contributed by atoms with E-state index in [0.717, 1.165) is 0 Å². The van der Waals surface area contributed by atoms with Gasteiger partial charge < -0.3 is 10.8 Å². The van der Waals surface area contributed by atoms with Gasteiger partial charge in [-0.1, -0.05) is 20.8 Å². The quantitative estimate of drug-likeness (QED) is 0.701. The van der Waals surface area contributed by atoms with Crippen molar-refractivity contribution >= 4 is 0 Å². The summed E-state index contributed by atoms with van der Waals surface area (Å²) in [6, 6.07) is 0. The van der Waals surface area contributed by atoms with E-state index in [0.29, 0.717) is 5.69 Å². The van der Waals surface area contributed by atoms with Crippen molar-refractivity contribution in [3.05, 3.63) is 11.9 Å². The maximum absolute atomic E-state index is 10.4. The molecule has 0 aliphatic heterocycles. The van der Waals surface area contributed by atoms with Crippen molar-refractivity contribution in [1.82, 2.24) is 15.0 Å². The second kappa shape index (κ2) is 3.33. The molecule has 0 aliphatic carbocycles. The fourth-order valence-electron chi connectivity index (χ4n) is 1.33. The van der Waals surface area contributed by atoms with E-state index in [2.05, 4.69) is 10.2 Å². The Morgan fingerprint density at radius 1 is 1.50 bits per heavy atom. The SMILES string of the molecule is Cn1ncc(C(O)(CN)C(C)(C)C)n1. The van der Waals surface area contributed by atoms with Gasteiger partial charge >= 0.3 is 0 Å². The highest BCUT2D eigenvalue weighted by Gasteiger charge is 2.42. The zero-order chi connectivity index (χ0) is 11.0. The first kappa shape index (κ1) is 11.1. The average molecular weight is 198 g/mol. The van der Waals surface area contributed by atoms with Gasteiger partial charge in [0.25, 0.3) is 0 Å². The summed E-state index contributed by atoms with van der Waals surface area (Å²) in [5.41, 5.74) is 4.64. The highest BCUT2D eigenvalue weighted by atomic mass is 16.3. The summed E-state index contributed by atoms with van der Waals surface area (Å²) >= 11 is 0. The summed E-state index contributed by atoms with van der Waals surface area (Å²) in [7, 11) is 1.71. The van der Waals surface area contributed by atoms with Gasteiger partial charge in [0.05, 0.1) is 6.20 Å². The van der Waals surface area contributed by atoms with Crippen molar-refractivity contribution in [3.63, 3.8) is 0 Å². The molecule has 3 N–H and O–H groups in total. The molecule has 80 valence electrons. The normalized spacial score (nSPS) is 16.7. The molecule has 1 aromatic rings. The van der Waals surface area contributed by atoms with Crippen LogP contribution in [0.4, 0.5) is 0 Å². The molecule has 5 nitrogen and oxygen atoms in total. The number of rotatable bonds is 2. The van der Waals surface area contributed by atoms with Crippen LogP contribution in [-0.4, -0.2) is 26.6 Å². The molecule has 0 radical (unpaired) electrons. The third-order valence-electron chi connectivity index (χ3n) is 2.56. The van der Waals surface area contributed by atoms with Crippen LogP contribution in [0, 0.1) is 5.41 Å². The van der Waals surface area contributed by atoms with Gasteiger partial charge in [-0.15, -0.1) is 0 Å². The molecule has 0 saturated heterocycles. The molecule has 14 heavy (non-hydrogen) atoms. The smallest absolute Gasteiger partial charge is 0.127 e. The largest absolute Gasteiger partial charge is 0.382 e. The summed E-state index contributed by atoms with van der Waals surface area (Å²) in [5.74, 6) is 0. The predicted octanol–water partition coefficient (Wildman–Crippen LogP) is 0.00750. The van der Waals surface area contributed by atoms with Gasteiger partial charge in [0.15, 0.2) is 0 Å². The minimum atomic E-state index is -1.12. The zero-order valence-corrected chi connectivity index (χ0v) is 9.15. The van der Waals surface area contributed by atoms with Gasteiger partial charge in [-0.25, -0.2) is 0 Å². The number of aromatic nitrogens is 3. The highest BCUT2D eigenvalue weighted by Crippen LogP contribution is 2.36. The molecule has 1 aromatic heterocycles. The van der Waals surface area contributed by atoms with Crippen LogP contribution in [0.3, 0.4) is 0 Å². The summed E-state index contributed by atoms with van der Waals surface area (Å²) in [4.78, 5) is 1.42. The van der Waals surface area contributed by atoms with Gasteiger partial charge in [-0.2, -0.15) is 15.0 Å². The molecule has 0 fully saturated rings. The monoisotopic (exact) mass is 198 g/mol. The Morgan fingerprint density at radius 2 is 2.07 bits per heavy atom. The Morgan fingerprint density at radius 3 is 2.36 bits per heavy atom. The van der Waals surface area contributed by atoms with Gasteiger partial charge in [0, 0.05) is 13.6 Å². The Bertz CT molecular complexity index is 315. The number of hydrogen-bond donors (Lipinski definition) is 2. The van der Waals surface area contributed by atoms with E-state index in [-0.39, 0.29) is 12.0 Å². The first-order chi connectivity index (χ1) is 6.31. The standard InChI is InChI=1S/C9H18N4O/c1-8(2,3)9(14,6-10)7-5-11-13(4)12-7/h5,14H,6,10H2,1-4H3. The number of aryl methyl sites for hydroxylation is 1. The fourth-order valence-corrected chi connectivity index (χ4v) is 1.33. The summed E-state index contributed by atoms with van der Waals surface area (Å²) in [5, 5.41) is 18.4. The number of nitrogens with zero attached hydrogens (tertiary/aromatic N) is 3. The van der Waals surface area contributed by atoms with Gasteiger partial charge in [-0.3, -0.25) is 0 Å². The second-order valence-electron chi connectivity index (χ2n) is 4.53. The van der Waals surface area contributed by atoms with E-state index >= 15 is 0 Å². The van der Waals surface area contributed by atoms with Gasteiger partial charge in [0.2, 0.25) is 0 Å². The van der Waals surface area contributed by atoms with Crippen LogP contribution in [0.25, 0.3) is 0 Å². The van der Waals surface area contributed by atoms with Crippen molar-refractivity contribution in [1.29, 1.82) is 0 Å². The molecular weight excluding hydrogens is 180 g/mol. The molecule has 0 aromatic carbocycles. The maximum Gasteiger partial charge on any atom is 0.127 e. The Hall–Kier alpha value is -0.940. The van der Waals surface area contributed by atoms with Crippen molar-refractivity contribution < 1.29 is 5.11 Å². The molecule has 5 heteroatoms. The molecule has 0 aliphatic rings. The van der Waals surface area contributed by atoms with E-state index < -0.39 is 5.60 Å². The van der Waals surface area contributed by atoms with Crippen molar-refractivity contribution in [2.75, 3.05) is 6.54 Å². The fraction of sp³-hybridized carbons (Fsp3) is 0.778. The average Bonchev–Trinajstić information content (AvgIpc) is 2.48. The zero-order valence-electron chi connectivity index (χ0n) is 9.15. The summed E-state index contributed by atoms with van der Waals surface area (Å²) in [6.45, 7) is 5.91. The third kappa shape index (κ3) is 1.65. The molecule has 0 saturated carbocycles. The van der Waals surface area contributed by atoms with E-state index in [1.165, 1.54) is 4.80 Å². The molecule has 1 heterocycles. The van der Waals surface area contributed by atoms with Crippen LogP contribution in [0.2, 0.25) is 0 Å². The lowest BCUT2D eigenvalue weighted by molar-refractivity contribution is -0.0596. The lowest BCUT2D eigenvalue weighted by Gasteiger charge is -2.37. The Labute approximate surface area is 83.9 Å². The van der Waals surface area contributed by atoms with E-state index in [4.69, 9.17) is 5.73 Å². The second-order valence-corrected chi connectivity index (χ2v) is 4.53. The number of nitrogens with two attached hydrogens (primary N) is 1. The van der Waals surface area contributed by atoms with Crippen LogP contribution in [0.5, 0.6) is 0 Å². The van der Waals surface area contributed by atoms with Crippen LogP contribution in [0.15, 0.2) is 6.20 Å². The first-order valence-corrected chi connectivity index (χ1v) is 4.60. The molecule has 0 spiro atoms. The minimum Gasteiger partial charge on any atom is -0.382 e. The van der Waals surface area contributed by atoms with Crippen molar-refractivity contribution in [2.45, 2.75) is 26.4 Å². The molecular formula is C9H18N4O. The van der Waals surface area contributed by atoms with Crippen LogP contribution in [0.1, 0.15) is 26.5 Å². The molecule has 0 amide bonds. The lowest BCUT2D eigenvalue weighted by atomic mass is 9.74. The predicted molar refractivity (Wildman–Crippen MR) is 53.4 cm³/mol. The van der Waals surface area contributed by atoms with Crippen LogP contribution in [-0.2, 0) is 12.6 Å². The summed E-state index contributed by atoms with van der Waals surface area (Å²) in [6.07, 6.45) is 1.55. The highest BCUT2D eigenvalue weighted by molar-refractivity contribution is 5.11. The van der Waals surface area contributed by atoms with Crippen molar-refractivity contribution in [3.8, 4) is 0 Å². The summed E-state index contributed by atoms with van der Waals surface area (Å²) < 4.78 is 0. The minimum absolute atomic E-state index is 0.134. The van der Waals surface area contributed by atoms with E-state index in [1.807, 2.05) is 20.8 Å². The van der Waals surface area contributed by atoms with Crippen molar-refractivity contribution in [2.24, 2.45) is 18.2 Å². The van der Waals surface area contributed by atoms with Gasteiger partial charge in [0.1, 0.15) is 11.3 Å². The number of aliphatic hydroxyl groups is 1. The Kier molecular flexibility index (Phi) is 2.65. The molecule has 0 bridgehead atoms. The van der Waals surface area contributed by atoms with Crippen LogP contribution < -0.4 is 5.73 Å². The lowest BCUT2D eigenvalue weighted by Crippen LogP contribution is -2.46. The van der Waals surface area contributed by atoms with E-state index in [1.54, 1.807) is 13.2 Å². The molecule has 1 unspecified atom stereocenters. The van der Waals surface area contributed by atoms with Gasteiger partial charge in [-0.05, 0) is 5.41 Å². The molecule has 1 rings (SSSR count). The Balaban J connectivity index is 3.14. The topological polar surface area (TPSA) is 77.0 Å².